The molecule has 2 aromatic rings. The summed E-state index contributed by atoms with van der Waals surface area (Å²) in [5.74, 6) is 1.81. The van der Waals surface area contributed by atoms with Gasteiger partial charge in [-0.15, -0.1) is 6.42 Å². The maximum Gasteiger partial charge on any atom is 0.343 e. The first-order valence-electron chi connectivity index (χ1n) is 5.77. The van der Waals surface area contributed by atoms with E-state index in [4.69, 9.17) is 11.2 Å². The molecule has 0 spiro atoms. The summed E-state index contributed by atoms with van der Waals surface area (Å²) in [4.78, 5) is 28.1. The van der Waals surface area contributed by atoms with E-state index in [1.165, 1.54) is 6.20 Å². The van der Waals surface area contributed by atoms with E-state index in [0.29, 0.717) is 11.0 Å². The van der Waals surface area contributed by atoms with Crippen molar-refractivity contribution in [3.8, 4) is 12.3 Å². The Balaban J connectivity index is 2.74. The fraction of sp³-hybridized carbons (Fsp3) is 0.214. The van der Waals surface area contributed by atoms with Gasteiger partial charge in [-0.1, -0.05) is 5.92 Å². The zero-order valence-electron chi connectivity index (χ0n) is 10.4. The minimum absolute atomic E-state index is 0.0300. The van der Waals surface area contributed by atoms with E-state index in [0.717, 1.165) is 0 Å². The Morgan fingerprint density at radius 1 is 1.58 bits per heavy atom. The standard InChI is InChI=1S/C14H12N2O3/c1-3-8-16-9-11(14(18)19-4-2)12(17)10-6-5-7-15-13(10)16/h1,5-7,9H,4,8H2,2H3. The van der Waals surface area contributed by atoms with Crippen LogP contribution in [-0.4, -0.2) is 22.1 Å². The number of nitrogens with zero attached hydrogens (tertiary/aromatic N) is 2. The van der Waals surface area contributed by atoms with Crippen LogP contribution >= 0.6 is 0 Å². The van der Waals surface area contributed by atoms with E-state index in [-0.39, 0.29) is 18.7 Å². The van der Waals surface area contributed by atoms with Gasteiger partial charge in [-0.3, -0.25) is 4.79 Å². The van der Waals surface area contributed by atoms with Gasteiger partial charge in [0, 0.05) is 12.4 Å². The molecule has 0 atom stereocenters. The van der Waals surface area contributed by atoms with Gasteiger partial charge in [0.05, 0.1) is 18.5 Å². The van der Waals surface area contributed by atoms with Gasteiger partial charge in [-0.05, 0) is 19.1 Å². The number of ether oxygens (including phenoxy) is 1. The van der Waals surface area contributed by atoms with Gasteiger partial charge in [0.25, 0.3) is 0 Å². The maximum absolute atomic E-state index is 12.2. The SMILES string of the molecule is C#CCn1cc(C(=O)OCC)c(=O)c2cccnc21. The molecule has 96 valence electrons. The number of fused-ring (bicyclic) bond motifs is 1. The number of esters is 1. The Bertz CT molecular complexity index is 726. The van der Waals surface area contributed by atoms with Crippen molar-refractivity contribution < 1.29 is 9.53 Å². The first kappa shape index (κ1) is 12.8. The number of aromatic nitrogens is 2. The van der Waals surface area contributed by atoms with E-state index in [9.17, 15) is 9.59 Å². The van der Waals surface area contributed by atoms with Crippen molar-refractivity contribution in [3.05, 3.63) is 40.3 Å². The molecule has 0 unspecified atom stereocenters. The Labute approximate surface area is 109 Å². The third-order valence-electron chi connectivity index (χ3n) is 2.59. The fourth-order valence-electron chi connectivity index (χ4n) is 1.80. The molecular weight excluding hydrogens is 244 g/mol. The van der Waals surface area contributed by atoms with Gasteiger partial charge in [0.2, 0.25) is 5.43 Å². The topological polar surface area (TPSA) is 61.2 Å². The van der Waals surface area contributed by atoms with Crippen molar-refractivity contribution in [2.24, 2.45) is 0 Å². The molecule has 0 fully saturated rings. The van der Waals surface area contributed by atoms with E-state index in [2.05, 4.69) is 10.9 Å². The van der Waals surface area contributed by atoms with Crippen LogP contribution in [0.2, 0.25) is 0 Å². The van der Waals surface area contributed by atoms with Crippen molar-refractivity contribution in [3.63, 3.8) is 0 Å². The molecule has 2 aromatic heterocycles. The lowest BCUT2D eigenvalue weighted by Gasteiger charge is -2.09. The molecule has 2 rings (SSSR count). The van der Waals surface area contributed by atoms with Crippen molar-refractivity contribution in [1.82, 2.24) is 9.55 Å². The summed E-state index contributed by atoms with van der Waals surface area (Å²) in [6, 6.07) is 3.25. The molecule has 0 aliphatic carbocycles. The summed E-state index contributed by atoms with van der Waals surface area (Å²) in [5, 5.41) is 0.350. The Hall–Kier alpha value is -2.61. The molecule has 0 N–H and O–H groups in total. The van der Waals surface area contributed by atoms with Crippen LogP contribution in [0.15, 0.2) is 29.3 Å². The molecule has 0 aliphatic rings. The lowest BCUT2D eigenvalue weighted by atomic mass is 10.2. The molecule has 5 heteroatoms. The third-order valence-corrected chi connectivity index (χ3v) is 2.59. The minimum atomic E-state index is -0.649. The summed E-state index contributed by atoms with van der Waals surface area (Å²) in [5.41, 5.74) is 0.0333. The smallest absolute Gasteiger partial charge is 0.343 e. The van der Waals surface area contributed by atoms with Gasteiger partial charge in [0.15, 0.2) is 0 Å². The summed E-state index contributed by atoms with van der Waals surface area (Å²) in [6.45, 7) is 2.11. The first-order chi connectivity index (χ1) is 9.19. The fourth-order valence-corrected chi connectivity index (χ4v) is 1.80. The predicted octanol–water partition coefficient (Wildman–Crippen LogP) is 1.21. The van der Waals surface area contributed by atoms with Gasteiger partial charge >= 0.3 is 5.97 Å². The molecule has 2 heterocycles. The molecule has 0 aromatic carbocycles. The monoisotopic (exact) mass is 256 g/mol. The average Bonchev–Trinajstić information content (AvgIpc) is 2.42. The first-order valence-corrected chi connectivity index (χ1v) is 5.77. The Morgan fingerprint density at radius 2 is 2.37 bits per heavy atom. The molecule has 0 bridgehead atoms. The summed E-state index contributed by atoms with van der Waals surface area (Å²) < 4.78 is 6.45. The van der Waals surface area contributed by atoms with E-state index < -0.39 is 11.4 Å². The molecule has 0 radical (unpaired) electrons. The Morgan fingerprint density at radius 3 is 3.05 bits per heavy atom. The number of hydrogen-bond acceptors (Lipinski definition) is 4. The van der Waals surface area contributed by atoms with E-state index >= 15 is 0 Å². The van der Waals surface area contributed by atoms with Crippen LogP contribution in [0.25, 0.3) is 11.0 Å². The van der Waals surface area contributed by atoms with Gasteiger partial charge in [-0.2, -0.15) is 0 Å². The molecule has 5 nitrogen and oxygen atoms in total. The second-order valence-electron chi connectivity index (χ2n) is 3.80. The lowest BCUT2D eigenvalue weighted by Crippen LogP contribution is -2.21. The summed E-state index contributed by atoms with van der Waals surface area (Å²) in [7, 11) is 0. The van der Waals surface area contributed by atoms with Crippen molar-refractivity contribution in [2.45, 2.75) is 13.5 Å². The Kier molecular flexibility index (Phi) is 3.62. The third kappa shape index (κ3) is 2.33. The van der Waals surface area contributed by atoms with Crippen LogP contribution in [0.3, 0.4) is 0 Å². The number of pyridine rings is 2. The minimum Gasteiger partial charge on any atom is -0.462 e. The number of hydrogen-bond donors (Lipinski definition) is 0. The van der Waals surface area contributed by atoms with Crippen LogP contribution in [0.4, 0.5) is 0 Å². The van der Waals surface area contributed by atoms with Crippen LogP contribution in [0, 0.1) is 12.3 Å². The van der Waals surface area contributed by atoms with Gasteiger partial charge in [0.1, 0.15) is 11.2 Å². The number of carbonyl (C=O) groups excluding carboxylic acids is 1. The quantitative estimate of drug-likeness (QED) is 0.611. The number of carbonyl (C=O) groups is 1. The highest BCUT2D eigenvalue weighted by Gasteiger charge is 2.16. The molecular formula is C14H12N2O3. The molecule has 0 aliphatic heterocycles. The maximum atomic E-state index is 12.2. The highest BCUT2D eigenvalue weighted by Crippen LogP contribution is 2.09. The largest absolute Gasteiger partial charge is 0.462 e. The molecule has 19 heavy (non-hydrogen) atoms. The average molecular weight is 256 g/mol. The zero-order valence-corrected chi connectivity index (χ0v) is 10.4. The van der Waals surface area contributed by atoms with E-state index in [1.54, 1.807) is 29.8 Å². The normalized spacial score (nSPS) is 10.1. The second-order valence-corrected chi connectivity index (χ2v) is 3.80. The summed E-state index contributed by atoms with van der Waals surface area (Å²) >= 11 is 0. The highest BCUT2D eigenvalue weighted by molar-refractivity contribution is 5.93. The highest BCUT2D eigenvalue weighted by atomic mass is 16.5. The van der Waals surface area contributed by atoms with Crippen molar-refractivity contribution in [2.75, 3.05) is 6.61 Å². The van der Waals surface area contributed by atoms with Gasteiger partial charge < -0.3 is 9.30 Å². The van der Waals surface area contributed by atoms with Crippen molar-refractivity contribution >= 4 is 17.0 Å². The second kappa shape index (κ2) is 5.36. The predicted molar refractivity (Wildman–Crippen MR) is 70.8 cm³/mol. The van der Waals surface area contributed by atoms with Crippen LogP contribution < -0.4 is 5.43 Å². The molecule has 0 saturated heterocycles. The zero-order chi connectivity index (χ0) is 13.8. The number of terminal acetylenes is 1. The number of rotatable bonds is 3. The molecule has 0 amide bonds. The van der Waals surface area contributed by atoms with Crippen LogP contribution in [0.1, 0.15) is 17.3 Å². The van der Waals surface area contributed by atoms with E-state index in [1.807, 2.05) is 0 Å². The van der Waals surface area contributed by atoms with Gasteiger partial charge in [-0.25, -0.2) is 9.78 Å². The van der Waals surface area contributed by atoms with Crippen LogP contribution in [0.5, 0.6) is 0 Å². The molecule has 0 saturated carbocycles. The van der Waals surface area contributed by atoms with Crippen molar-refractivity contribution in [1.29, 1.82) is 0 Å². The van der Waals surface area contributed by atoms with Crippen LogP contribution in [-0.2, 0) is 11.3 Å². The summed E-state index contributed by atoms with van der Waals surface area (Å²) in [6.07, 6.45) is 8.25. The lowest BCUT2D eigenvalue weighted by molar-refractivity contribution is 0.0524.